The van der Waals surface area contributed by atoms with Crippen LogP contribution in [0.25, 0.3) is 22.1 Å². The summed E-state index contributed by atoms with van der Waals surface area (Å²) in [6, 6.07) is 16.0. The number of fused-ring (bicyclic) bond motifs is 2. The number of carbonyl (C=O) groups is 1. The fraction of sp³-hybridized carbons (Fsp3) is 0.286. The van der Waals surface area contributed by atoms with Crippen LogP contribution in [0.2, 0.25) is 0 Å². The lowest BCUT2D eigenvalue weighted by Crippen LogP contribution is -2.31. The number of hydrogen-bond donors (Lipinski definition) is 1. The van der Waals surface area contributed by atoms with Crippen LogP contribution in [0.5, 0.6) is 0 Å². The molecule has 28 heavy (non-hydrogen) atoms. The molecule has 4 aromatic rings. The van der Waals surface area contributed by atoms with Gasteiger partial charge in [-0.1, -0.05) is 24.3 Å². The van der Waals surface area contributed by atoms with Gasteiger partial charge in [0.2, 0.25) is 5.91 Å². The number of hydrogen-bond acceptors (Lipinski definition) is 4. The van der Waals surface area contributed by atoms with Crippen LogP contribution < -0.4 is 5.32 Å². The summed E-state index contributed by atoms with van der Waals surface area (Å²) in [5.41, 5.74) is 4.01. The maximum Gasteiger partial charge on any atom is 0.240 e. The van der Waals surface area contributed by atoms with E-state index < -0.39 is 0 Å². The molecule has 0 aliphatic rings. The summed E-state index contributed by atoms with van der Waals surface area (Å²) in [5, 5.41) is 3.04. The van der Waals surface area contributed by atoms with Gasteiger partial charge in [-0.3, -0.25) is 4.79 Å². The van der Waals surface area contributed by atoms with Crippen molar-refractivity contribution in [2.45, 2.75) is 25.8 Å². The smallest absolute Gasteiger partial charge is 0.240 e. The van der Waals surface area contributed by atoms with Gasteiger partial charge in [-0.05, 0) is 37.4 Å². The standard InChI is InChI=1S/C21H23N5OS/c1-15-23-16-7-3-5-9-18(16)25(15)12-11-22-21(27)13-26-19-10-6-4-8-17(19)24-20(26)14-28-2/h3-10H,11-14H2,1-2H3,(H,22,27). The van der Waals surface area contributed by atoms with E-state index in [-0.39, 0.29) is 12.5 Å². The van der Waals surface area contributed by atoms with Crippen LogP contribution in [0.15, 0.2) is 48.5 Å². The molecule has 1 amide bonds. The van der Waals surface area contributed by atoms with E-state index in [0.717, 1.165) is 39.5 Å². The summed E-state index contributed by atoms with van der Waals surface area (Å²) >= 11 is 1.70. The Labute approximate surface area is 168 Å². The Hall–Kier alpha value is -2.80. The Morgan fingerprint density at radius 3 is 2.36 bits per heavy atom. The van der Waals surface area contributed by atoms with Crippen molar-refractivity contribution >= 4 is 39.7 Å². The lowest BCUT2D eigenvalue weighted by Gasteiger charge is -2.11. The van der Waals surface area contributed by atoms with Gasteiger partial charge in [-0.25, -0.2) is 9.97 Å². The third kappa shape index (κ3) is 3.62. The van der Waals surface area contributed by atoms with Crippen LogP contribution in [0, 0.1) is 6.92 Å². The molecule has 4 rings (SSSR count). The van der Waals surface area contributed by atoms with E-state index in [2.05, 4.69) is 25.9 Å². The van der Waals surface area contributed by atoms with Crippen molar-refractivity contribution in [3.05, 3.63) is 60.2 Å². The first kappa shape index (κ1) is 18.6. The first-order valence-corrected chi connectivity index (χ1v) is 10.7. The number of amides is 1. The highest BCUT2D eigenvalue weighted by Gasteiger charge is 2.13. The quantitative estimate of drug-likeness (QED) is 0.523. The lowest BCUT2D eigenvalue weighted by atomic mass is 10.3. The number of nitrogens with one attached hydrogen (secondary N) is 1. The first-order valence-electron chi connectivity index (χ1n) is 9.29. The van der Waals surface area contributed by atoms with E-state index in [0.29, 0.717) is 13.1 Å². The molecule has 6 nitrogen and oxygen atoms in total. The summed E-state index contributed by atoms with van der Waals surface area (Å²) in [7, 11) is 0. The Morgan fingerprint density at radius 1 is 1.00 bits per heavy atom. The summed E-state index contributed by atoms with van der Waals surface area (Å²) in [6.07, 6.45) is 2.04. The maximum atomic E-state index is 12.6. The molecule has 1 N–H and O–H groups in total. The molecule has 144 valence electrons. The number of benzene rings is 2. The molecule has 0 aliphatic carbocycles. The molecule has 0 aliphatic heterocycles. The fourth-order valence-electron chi connectivity index (χ4n) is 3.53. The van der Waals surface area contributed by atoms with Crippen molar-refractivity contribution in [1.82, 2.24) is 24.4 Å². The normalized spacial score (nSPS) is 11.4. The van der Waals surface area contributed by atoms with Gasteiger partial charge in [-0.15, -0.1) is 0 Å². The number of imidazole rings is 2. The van der Waals surface area contributed by atoms with E-state index in [4.69, 9.17) is 0 Å². The van der Waals surface area contributed by atoms with Crippen LogP contribution in [-0.2, 0) is 23.6 Å². The Bertz CT molecular complexity index is 1130. The molecular weight excluding hydrogens is 370 g/mol. The summed E-state index contributed by atoms with van der Waals surface area (Å²) < 4.78 is 4.15. The molecule has 0 bridgehead atoms. The number of aryl methyl sites for hydroxylation is 1. The van der Waals surface area contributed by atoms with Crippen LogP contribution >= 0.6 is 11.8 Å². The minimum atomic E-state index is -0.00687. The number of para-hydroxylation sites is 4. The third-order valence-electron chi connectivity index (χ3n) is 4.81. The fourth-order valence-corrected chi connectivity index (χ4v) is 4.00. The second-order valence-corrected chi connectivity index (χ2v) is 7.55. The highest BCUT2D eigenvalue weighted by atomic mass is 32.2. The van der Waals surface area contributed by atoms with E-state index >= 15 is 0 Å². The molecule has 0 saturated carbocycles. The minimum Gasteiger partial charge on any atom is -0.353 e. The molecular formula is C21H23N5OS. The van der Waals surface area contributed by atoms with Gasteiger partial charge in [0.15, 0.2) is 0 Å². The second-order valence-electron chi connectivity index (χ2n) is 6.69. The van der Waals surface area contributed by atoms with Crippen molar-refractivity contribution in [2.75, 3.05) is 12.8 Å². The van der Waals surface area contributed by atoms with Gasteiger partial charge in [0.05, 0.1) is 27.8 Å². The highest BCUT2D eigenvalue weighted by Crippen LogP contribution is 2.19. The molecule has 2 aromatic heterocycles. The number of thioether (sulfide) groups is 1. The summed E-state index contributed by atoms with van der Waals surface area (Å²) in [5.74, 6) is 2.66. The Kier molecular flexibility index (Phi) is 5.34. The van der Waals surface area contributed by atoms with Crippen LogP contribution in [-0.4, -0.2) is 37.8 Å². The van der Waals surface area contributed by atoms with Gasteiger partial charge in [-0.2, -0.15) is 11.8 Å². The van der Waals surface area contributed by atoms with Gasteiger partial charge in [0, 0.05) is 13.1 Å². The molecule has 0 saturated heterocycles. The SMILES string of the molecule is CSCc1nc2ccccc2n1CC(=O)NCCn1c(C)nc2ccccc21. The van der Waals surface area contributed by atoms with Gasteiger partial charge in [0.25, 0.3) is 0 Å². The van der Waals surface area contributed by atoms with Gasteiger partial charge in [0.1, 0.15) is 18.2 Å². The molecule has 2 aromatic carbocycles. The van der Waals surface area contributed by atoms with Gasteiger partial charge < -0.3 is 14.5 Å². The predicted octanol–water partition coefficient (Wildman–Crippen LogP) is 3.37. The summed E-state index contributed by atoms with van der Waals surface area (Å²) in [6.45, 7) is 3.53. The van der Waals surface area contributed by atoms with Crippen molar-refractivity contribution in [2.24, 2.45) is 0 Å². The number of aromatic nitrogens is 4. The number of nitrogens with zero attached hydrogens (tertiary/aromatic N) is 4. The zero-order valence-electron chi connectivity index (χ0n) is 16.1. The number of carbonyl (C=O) groups excluding carboxylic acids is 1. The average Bonchev–Trinajstić information content (AvgIpc) is 3.20. The van der Waals surface area contributed by atoms with Crippen LogP contribution in [0.3, 0.4) is 0 Å². The molecule has 2 heterocycles. The predicted molar refractivity (Wildman–Crippen MR) is 114 cm³/mol. The van der Waals surface area contributed by atoms with Crippen LogP contribution in [0.4, 0.5) is 0 Å². The number of rotatable bonds is 7. The molecule has 0 radical (unpaired) electrons. The second kappa shape index (κ2) is 8.06. The van der Waals surface area contributed by atoms with E-state index in [1.807, 2.05) is 60.2 Å². The molecule has 0 atom stereocenters. The van der Waals surface area contributed by atoms with Gasteiger partial charge >= 0.3 is 0 Å². The van der Waals surface area contributed by atoms with Crippen molar-refractivity contribution in [3.8, 4) is 0 Å². The maximum absolute atomic E-state index is 12.6. The zero-order valence-corrected chi connectivity index (χ0v) is 16.9. The molecule has 0 fully saturated rings. The zero-order chi connectivity index (χ0) is 19.5. The molecule has 0 unspecified atom stereocenters. The van der Waals surface area contributed by atoms with E-state index in [1.54, 1.807) is 11.8 Å². The average molecular weight is 394 g/mol. The van der Waals surface area contributed by atoms with Crippen molar-refractivity contribution in [1.29, 1.82) is 0 Å². The summed E-state index contributed by atoms with van der Waals surface area (Å²) in [4.78, 5) is 21.8. The molecule has 0 spiro atoms. The van der Waals surface area contributed by atoms with Crippen molar-refractivity contribution in [3.63, 3.8) is 0 Å². The molecule has 7 heteroatoms. The monoisotopic (exact) mass is 393 g/mol. The first-order chi connectivity index (χ1) is 13.7. The Balaban J connectivity index is 1.44. The van der Waals surface area contributed by atoms with E-state index in [1.165, 1.54) is 0 Å². The van der Waals surface area contributed by atoms with E-state index in [9.17, 15) is 4.79 Å². The minimum absolute atomic E-state index is 0.00687. The largest absolute Gasteiger partial charge is 0.353 e. The third-order valence-corrected chi connectivity index (χ3v) is 5.36. The van der Waals surface area contributed by atoms with Crippen molar-refractivity contribution < 1.29 is 4.79 Å². The highest BCUT2D eigenvalue weighted by molar-refractivity contribution is 7.97. The Morgan fingerprint density at radius 2 is 1.64 bits per heavy atom. The lowest BCUT2D eigenvalue weighted by molar-refractivity contribution is -0.121. The topological polar surface area (TPSA) is 64.7 Å². The van der Waals surface area contributed by atoms with Crippen LogP contribution in [0.1, 0.15) is 11.6 Å².